The van der Waals surface area contributed by atoms with Crippen LogP contribution >= 0.6 is 15.9 Å². The van der Waals surface area contributed by atoms with Crippen molar-refractivity contribution in [2.75, 3.05) is 0 Å². The molecule has 0 saturated heterocycles. The Morgan fingerprint density at radius 3 is 2.79 bits per heavy atom. The molecule has 14 heavy (non-hydrogen) atoms. The van der Waals surface area contributed by atoms with Crippen molar-refractivity contribution >= 4 is 15.9 Å². The highest BCUT2D eigenvalue weighted by atomic mass is 79.9. The SMILES string of the molecule is C#CCC(c1cc(Br)ccn1)C(C)C. The predicted octanol–water partition coefficient (Wildman–Crippen LogP) is 3.61. The lowest BCUT2D eigenvalue weighted by Gasteiger charge is -2.17. The standard InChI is InChI=1S/C12H14BrN/c1-4-5-11(9(2)3)12-8-10(13)6-7-14-12/h1,6-9,11H,5H2,2-3H3. The molecule has 0 amide bonds. The third-order valence-corrected chi connectivity index (χ3v) is 2.76. The average molecular weight is 252 g/mol. The van der Waals surface area contributed by atoms with Gasteiger partial charge in [0.2, 0.25) is 0 Å². The van der Waals surface area contributed by atoms with Crippen molar-refractivity contribution in [2.45, 2.75) is 26.2 Å². The number of hydrogen-bond donors (Lipinski definition) is 0. The van der Waals surface area contributed by atoms with E-state index in [2.05, 4.69) is 40.7 Å². The molecule has 0 aliphatic carbocycles. The second kappa shape index (κ2) is 5.17. The highest BCUT2D eigenvalue weighted by Gasteiger charge is 2.15. The van der Waals surface area contributed by atoms with Crippen LogP contribution < -0.4 is 0 Å². The predicted molar refractivity (Wildman–Crippen MR) is 63.0 cm³/mol. The quantitative estimate of drug-likeness (QED) is 0.749. The third-order valence-electron chi connectivity index (χ3n) is 2.27. The summed E-state index contributed by atoms with van der Waals surface area (Å²) in [4.78, 5) is 4.35. The molecule has 1 aromatic heterocycles. The summed E-state index contributed by atoms with van der Waals surface area (Å²) in [7, 11) is 0. The Labute approximate surface area is 94.1 Å². The first-order valence-corrected chi connectivity index (χ1v) is 5.49. The molecular formula is C12H14BrN. The van der Waals surface area contributed by atoms with Gasteiger partial charge in [-0.3, -0.25) is 4.98 Å². The zero-order chi connectivity index (χ0) is 10.6. The Balaban J connectivity index is 2.94. The van der Waals surface area contributed by atoms with Crippen LogP contribution in [0.15, 0.2) is 22.8 Å². The summed E-state index contributed by atoms with van der Waals surface area (Å²) in [6, 6.07) is 3.97. The van der Waals surface area contributed by atoms with Gasteiger partial charge in [0.1, 0.15) is 0 Å². The van der Waals surface area contributed by atoms with E-state index in [-0.39, 0.29) is 0 Å². The van der Waals surface area contributed by atoms with Gasteiger partial charge in [0.25, 0.3) is 0 Å². The minimum absolute atomic E-state index is 0.359. The van der Waals surface area contributed by atoms with Crippen LogP contribution in [-0.4, -0.2) is 4.98 Å². The highest BCUT2D eigenvalue weighted by Crippen LogP contribution is 2.27. The zero-order valence-corrected chi connectivity index (χ0v) is 10.1. The molecule has 1 nitrogen and oxygen atoms in total. The molecule has 1 rings (SSSR count). The van der Waals surface area contributed by atoms with E-state index in [1.807, 2.05) is 18.3 Å². The lowest BCUT2D eigenvalue weighted by molar-refractivity contribution is 0.496. The summed E-state index contributed by atoms with van der Waals surface area (Å²) in [6.45, 7) is 4.34. The van der Waals surface area contributed by atoms with E-state index in [4.69, 9.17) is 6.42 Å². The number of terminal acetylenes is 1. The van der Waals surface area contributed by atoms with Crippen molar-refractivity contribution in [2.24, 2.45) is 5.92 Å². The summed E-state index contributed by atoms with van der Waals surface area (Å²) in [6.07, 6.45) is 7.92. The Kier molecular flexibility index (Phi) is 4.16. The van der Waals surface area contributed by atoms with Crippen LogP contribution in [0.5, 0.6) is 0 Å². The van der Waals surface area contributed by atoms with E-state index in [0.29, 0.717) is 11.8 Å². The number of halogens is 1. The van der Waals surface area contributed by atoms with E-state index in [0.717, 1.165) is 16.6 Å². The maximum Gasteiger partial charge on any atom is 0.0457 e. The zero-order valence-electron chi connectivity index (χ0n) is 8.50. The van der Waals surface area contributed by atoms with Crippen molar-refractivity contribution in [1.29, 1.82) is 0 Å². The molecule has 1 atom stereocenters. The van der Waals surface area contributed by atoms with Crippen molar-refractivity contribution in [3.63, 3.8) is 0 Å². The third kappa shape index (κ3) is 2.85. The van der Waals surface area contributed by atoms with Gasteiger partial charge >= 0.3 is 0 Å². The van der Waals surface area contributed by atoms with Crippen LogP contribution in [0.25, 0.3) is 0 Å². The molecule has 0 spiro atoms. The van der Waals surface area contributed by atoms with Crippen molar-refractivity contribution in [3.8, 4) is 12.3 Å². The number of aromatic nitrogens is 1. The van der Waals surface area contributed by atoms with Gasteiger partial charge in [-0.25, -0.2) is 0 Å². The molecule has 0 aliphatic heterocycles. The summed E-state index contributed by atoms with van der Waals surface area (Å²) in [5.74, 6) is 3.59. The molecule has 2 heteroatoms. The van der Waals surface area contributed by atoms with Gasteiger partial charge in [0, 0.05) is 28.7 Å². The summed E-state index contributed by atoms with van der Waals surface area (Å²) in [5.41, 5.74) is 1.08. The van der Waals surface area contributed by atoms with Crippen LogP contribution in [0, 0.1) is 18.3 Å². The molecule has 74 valence electrons. The highest BCUT2D eigenvalue weighted by molar-refractivity contribution is 9.10. The van der Waals surface area contributed by atoms with E-state index in [1.165, 1.54) is 0 Å². The molecular weight excluding hydrogens is 238 g/mol. The van der Waals surface area contributed by atoms with E-state index in [9.17, 15) is 0 Å². The van der Waals surface area contributed by atoms with Crippen LogP contribution in [0.2, 0.25) is 0 Å². The fourth-order valence-electron chi connectivity index (χ4n) is 1.43. The normalized spacial score (nSPS) is 12.5. The minimum atomic E-state index is 0.359. The van der Waals surface area contributed by atoms with Gasteiger partial charge in [-0.05, 0) is 18.1 Å². The van der Waals surface area contributed by atoms with Crippen LogP contribution in [0.3, 0.4) is 0 Å². The molecule has 0 aliphatic rings. The number of rotatable bonds is 3. The lowest BCUT2D eigenvalue weighted by atomic mass is 9.89. The average Bonchev–Trinajstić information content (AvgIpc) is 2.13. The first-order valence-electron chi connectivity index (χ1n) is 4.70. The fraction of sp³-hybridized carbons (Fsp3) is 0.417. The fourth-order valence-corrected chi connectivity index (χ4v) is 1.79. The minimum Gasteiger partial charge on any atom is -0.261 e. The number of nitrogens with zero attached hydrogens (tertiary/aromatic N) is 1. The Morgan fingerprint density at radius 1 is 1.57 bits per heavy atom. The van der Waals surface area contributed by atoms with E-state index < -0.39 is 0 Å². The van der Waals surface area contributed by atoms with Gasteiger partial charge in [0.15, 0.2) is 0 Å². The summed E-state index contributed by atoms with van der Waals surface area (Å²) in [5, 5.41) is 0. The monoisotopic (exact) mass is 251 g/mol. The lowest BCUT2D eigenvalue weighted by Crippen LogP contribution is -2.07. The molecule has 1 aromatic rings. The molecule has 1 unspecified atom stereocenters. The molecule has 0 saturated carbocycles. The summed E-state index contributed by atoms with van der Waals surface area (Å²) < 4.78 is 1.06. The smallest absolute Gasteiger partial charge is 0.0457 e. The molecule has 0 radical (unpaired) electrons. The first kappa shape index (κ1) is 11.3. The molecule has 0 fully saturated rings. The van der Waals surface area contributed by atoms with Crippen molar-refractivity contribution in [3.05, 3.63) is 28.5 Å². The van der Waals surface area contributed by atoms with E-state index in [1.54, 1.807) is 0 Å². The van der Waals surface area contributed by atoms with Gasteiger partial charge < -0.3 is 0 Å². The largest absolute Gasteiger partial charge is 0.261 e. The topological polar surface area (TPSA) is 12.9 Å². The van der Waals surface area contributed by atoms with Gasteiger partial charge in [-0.1, -0.05) is 29.8 Å². The van der Waals surface area contributed by atoms with Gasteiger partial charge in [-0.2, -0.15) is 0 Å². The number of pyridine rings is 1. The van der Waals surface area contributed by atoms with Crippen LogP contribution in [0.4, 0.5) is 0 Å². The van der Waals surface area contributed by atoms with Crippen LogP contribution in [0.1, 0.15) is 31.9 Å². The Bertz CT molecular complexity index is 338. The molecule has 0 aromatic carbocycles. The Morgan fingerprint density at radius 2 is 2.29 bits per heavy atom. The van der Waals surface area contributed by atoms with E-state index >= 15 is 0 Å². The maximum atomic E-state index is 5.35. The van der Waals surface area contributed by atoms with Crippen molar-refractivity contribution < 1.29 is 0 Å². The maximum absolute atomic E-state index is 5.35. The number of hydrogen-bond acceptors (Lipinski definition) is 1. The second-order valence-corrected chi connectivity index (χ2v) is 4.57. The van der Waals surface area contributed by atoms with Crippen molar-refractivity contribution in [1.82, 2.24) is 4.98 Å². The molecule has 0 bridgehead atoms. The van der Waals surface area contributed by atoms with Gasteiger partial charge in [0.05, 0.1) is 0 Å². The first-order chi connectivity index (χ1) is 6.65. The molecule has 1 heterocycles. The molecule has 0 N–H and O–H groups in total. The summed E-state index contributed by atoms with van der Waals surface area (Å²) >= 11 is 3.44. The van der Waals surface area contributed by atoms with Gasteiger partial charge in [-0.15, -0.1) is 12.3 Å². The Hall–Kier alpha value is -0.810. The van der Waals surface area contributed by atoms with Crippen LogP contribution in [-0.2, 0) is 0 Å². The second-order valence-electron chi connectivity index (χ2n) is 3.66.